The third-order valence-corrected chi connectivity index (χ3v) is 2.33. The zero-order valence-corrected chi connectivity index (χ0v) is 11.3. The minimum absolute atomic E-state index is 0.172. The molecule has 0 spiro atoms. The summed E-state index contributed by atoms with van der Waals surface area (Å²) in [4.78, 5) is 10.9. The molecular formula is C12H16N2O3S. The van der Waals surface area contributed by atoms with E-state index in [2.05, 4.69) is 10.6 Å². The number of carboxylic acids is 1. The molecule has 0 fully saturated rings. The molecule has 0 aliphatic heterocycles. The number of methoxy groups -OCH3 is 1. The van der Waals surface area contributed by atoms with Gasteiger partial charge >= 0.3 is 5.97 Å². The first-order valence-electron chi connectivity index (χ1n) is 5.43. The molecule has 5 nitrogen and oxygen atoms in total. The second-order valence-corrected chi connectivity index (χ2v) is 4.38. The molecule has 0 heterocycles. The molecule has 18 heavy (non-hydrogen) atoms. The fraction of sp³-hybridized carbons (Fsp3) is 0.333. The molecule has 0 unspecified atom stereocenters. The number of nitrogens with one attached hydrogen (secondary N) is 2. The van der Waals surface area contributed by atoms with Gasteiger partial charge in [0, 0.05) is 6.04 Å². The Morgan fingerprint density at radius 1 is 1.44 bits per heavy atom. The van der Waals surface area contributed by atoms with Crippen LogP contribution in [0.25, 0.3) is 0 Å². The SMILES string of the molecule is COc1ccc(C(=O)O)cc1NC(=S)NC(C)C. The molecule has 3 N–H and O–H groups in total. The fourth-order valence-corrected chi connectivity index (χ4v) is 1.70. The molecule has 98 valence electrons. The summed E-state index contributed by atoms with van der Waals surface area (Å²) >= 11 is 5.10. The number of benzene rings is 1. The normalized spacial score (nSPS) is 10.0. The topological polar surface area (TPSA) is 70.6 Å². The smallest absolute Gasteiger partial charge is 0.335 e. The van der Waals surface area contributed by atoms with Gasteiger partial charge in [-0.2, -0.15) is 0 Å². The van der Waals surface area contributed by atoms with Crippen molar-refractivity contribution in [3.8, 4) is 5.75 Å². The predicted molar refractivity (Wildman–Crippen MR) is 74.4 cm³/mol. The molecule has 0 saturated heterocycles. The quantitative estimate of drug-likeness (QED) is 0.726. The Balaban J connectivity index is 2.94. The number of aromatic carboxylic acids is 1. The van der Waals surface area contributed by atoms with Crippen LogP contribution in [0.1, 0.15) is 24.2 Å². The third-order valence-electron chi connectivity index (χ3n) is 2.11. The highest BCUT2D eigenvalue weighted by Gasteiger charge is 2.10. The summed E-state index contributed by atoms with van der Waals surface area (Å²) in [6, 6.07) is 4.74. The van der Waals surface area contributed by atoms with Crippen LogP contribution >= 0.6 is 12.2 Å². The minimum atomic E-state index is -0.997. The first-order chi connectivity index (χ1) is 8.43. The first-order valence-corrected chi connectivity index (χ1v) is 5.83. The van der Waals surface area contributed by atoms with Crippen LogP contribution in [-0.4, -0.2) is 29.3 Å². The third kappa shape index (κ3) is 3.89. The molecular weight excluding hydrogens is 252 g/mol. The van der Waals surface area contributed by atoms with Crippen molar-refractivity contribution >= 4 is 29.0 Å². The fourth-order valence-electron chi connectivity index (χ4n) is 1.36. The van der Waals surface area contributed by atoms with Gasteiger partial charge in [-0.05, 0) is 44.3 Å². The van der Waals surface area contributed by atoms with Gasteiger partial charge in [0.25, 0.3) is 0 Å². The van der Waals surface area contributed by atoms with E-state index in [0.29, 0.717) is 16.5 Å². The van der Waals surface area contributed by atoms with Crippen molar-refractivity contribution in [1.29, 1.82) is 0 Å². The second kappa shape index (κ2) is 6.20. The van der Waals surface area contributed by atoms with Crippen molar-refractivity contribution in [2.75, 3.05) is 12.4 Å². The van der Waals surface area contributed by atoms with Crippen LogP contribution in [0, 0.1) is 0 Å². The summed E-state index contributed by atoms with van der Waals surface area (Å²) in [5.41, 5.74) is 0.696. The number of carbonyl (C=O) groups is 1. The highest BCUT2D eigenvalue weighted by atomic mass is 32.1. The summed E-state index contributed by atoms with van der Waals surface area (Å²) in [6.45, 7) is 3.91. The van der Waals surface area contributed by atoms with Gasteiger partial charge in [-0.3, -0.25) is 0 Å². The van der Waals surface area contributed by atoms with E-state index in [0.717, 1.165) is 0 Å². The predicted octanol–water partition coefficient (Wildman–Crippen LogP) is 2.09. The molecule has 0 amide bonds. The number of anilines is 1. The number of hydrogen-bond acceptors (Lipinski definition) is 3. The Labute approximate surface area is 111 Å². The van der Waals surface area contributed by atoms with E-state index in [9.17, 15) is 4.79 Å². The van der Waals surface area contributed by atoms with Gasteiger partial charge in [-0.25, -0.2) is 4.79 Å². The van der Waals surface area contributed by atoms with Gasteiger partial charge in [0.1, 0.15) is 5.75 Å². The maximum atomic E-state index is 10.9. The van der Waals surface area contributed by atoms with Crippen LogP contribution in [0.15, 0.2) is 18.2 Å². The second-order valence-electron chi connectivity index (χ2n) is 3.97. The van der Waals surface area contributed by atoms with Crippen LogP contribution in [-0.2, 0) is 0 Å². The van der Waals surface area contributed by atoms with Crippen LogP contribution in [0.3, 0.4) is 0 Å². The molecule has 0 saturated carbocycles. The van der Waals surface area contributed by atoms with Crippen LogP contribution in [0.5, 0.6) is 5.75 Å². The molecule has 1 rings (SSSR count). The Hall–Kier alpha value is -1.82. The Bertz CT molecular complexity index is 461. The van der Waals surface area contributed by atoms with Gasteiger partial charge in [0.15, 0.2) is 5.11 Å². The molecule has 0 radical (unpaired) electrons. The summed E-state index contributed by atoms with van der Waals surface area (Å²) in [5.74, 6) is -0.462. The number of rotatable bonds is 4. The Morgan fingerprint density at radius 3 is 2.61 bits per heavy atom. The van der Waals surface area contributed by atoms with Gasteiger partial charge in [0.2, 0.25) is 0 Å². The summed E-state index contributed by atoms with van der Waals surface area (Å²) in [5, 5.41) is 15.3. The van der Waals surface area contributed by atoms with Gasteiger partial charge in [-0.1, -0.05) is 0 Å². The standard InChI is InChI=1S/C12H16N2O3S/c1-7(2)13-12(18)14-9-6-8(11(15)16)4-5-10(9)17-3/h4-7H,1-3H3,(H,15,16)(H2,13,14,18). The number of carboxylic acid groups (broad SMARTS) is 1. The van der Waals surface area contributed by atoms with E-state index in [1.165, 1.54) is 19.2 Å². The molecule has 1 aromatic carbocycles. The van der Waals surface area contributed by atoms with Crippen LogP contribution < -0.4 is 15.4 Å². The molecule has 0 aliphatic rings. The Kier molecular flexibility index (Phi) is 4.91. The zero-order chi connectivity index (χ0) is 13.7. The molecule has 0 bridgehead atoms. The highest BCUT2D eigenvalue weighted by molar-refractivity contribution is 7.80. The lowest BCUT2D eigenvalue weighted by Gasteiger charge is -2.15. The highest BCUT2D eigenvalue weighted by Crippen LogP contribution is 2.25. The number of thiocarbonyl (C=S) groups is 1. The minimum Gasteiger partial charge on any atom is -0.495 e. The lowest BCUT2D eigenvalue weighted by Crippen LogP contribution is -2.34. The van der Waals surface area contributed by atoms with Gasteiger partial charge < -0.3 is 20.5 Å². The van der Waals surface area contributed by atoms with E-state index in [1.807, 2.05) is 13.8 Å². The number of hydrogen-bond donors (Lipinski definition) is 3. The van der Waals surface area contributed by atoms with Gasteiger partial charge in [-0.15, -0.1) is 0 Å². The maximum absolute atomic E-state index is 10.9. The van der Waals surface area contributed by atoms with E-state index in [1.54, 1.807) is 6.07 Å². The van der Waals surface area contributed by atoms with E-state index in [4.69, 9.17) is 22.1 Å². The van der Waals surface area contributed by atoms with Crippen molar-refractivity contribution in [2.45, 2.75) is 19.9 Å². The molecule has 1 aromatic rings. The van der Waals surface area contributed by atoms with Crippen molar-refractivity contribution in [2.24, 2.45) is 0 Å². The van der Waals surface area contributed by atoms with Crippen LogP contribution in [0.4, 0.5) is 5.69 Å². The van der Waals surface area contributed by atoms with Crippen LogP contribution in [0.2, 0.25) is 0 Å². The van der Waals surface area contributed by atoms with Crippen molar-refractivity contribution in [3.63, 3.8) is 0 Å². The van der Waals surface area contributed by atoms with E-state index < -0.39 is 5.97 Å². The first kappa shape index (κ1) is 14.2. The Morgan fingerprint density at radius 2 is 2.11 bits per heavy atom. The van der Waals surface area contributed by atoms with Gasteiger partial charge in [0.05, 0.1) is 18.4 Å². The largest absolute Gasteiger partial charge is 0.495 e. The van der Waals surface area contributed by atoms with Crippen molar-refractivity contribution in [1.82, 2.24) is 5.32 Å². The molecule has 0 aromatic heterocycles. The van der Waals surface area contributed by atoms with E-state index >= 15 is 0 Å². The number of ether oxygens (including phenoxy) is 1. The summed E-state index contributed by atoms with van der Waals surface area (Å²) in [6.07, 6.45) is 0. The average Bonchev–Trinajstić information content (AvgIpc) is 2.27. The lowest BCUT2D eigenvalue weighted by atomic mass is 10.2. The summed E-state index contributed by atoms with van der Waals surface area (Å²) in [7, 11) is 1.51. The maximum Gasteiger partial charge on any atom is 0.335 e. The molecule has 6 heteroatoms. The van der Waals surface area contributed by atoms with Crippen molar-refractivity contribution < 1.29 is 14.6 Å². The van der Waals surface area contributed by atoms with E-state index in [-0.39, 0.29) is 11.6 Å². The average molecular weight is 268 g/mol. The lowest BCUT2D eigenvalue weighted by molar-refractivity contribution is 0.0697. The van der Waals surface area contributed by atoms with Crippen molar-refractivity contribution in [3.05, 3.63) is 23.8 Å². The molecule has 0 atom stereocenters. The monoisotopic (exact) mass is 268 g/mol. The molecule has 0 aliphatic carbocycles. The zero-order valence-electron chi connectivity index (χ0n) is 10.5. The summed E-state index contributed by atoms with van der Waals surface area (Å²) < 4.78 is 5.14.